The number of hydrogen-bond acceptors (Lipinski definition) is 2. The lowest BCUT2D eigenvalue weighted by Gasteiger charge is -2.01. The van der Waals surface area contributed by atoms with Gasteiger partial charge in [0.2, 0.25) is 0 Å². The van der Waals surface area contributed by atoms with Crippen molar-refractivity contribution in [3.05, 3.63) is 40.8 Å². The molecule has 0 amide bonds. The lowest BCUT2D eigenvalue weighted by Crippen LogP contribution is -1.92. The Hall–Kier alpha value is -0.800. The van der Waals surface area contributed by atoms with Crippen LogP contribution in [0.1, 0.15) is 6.92 Å². The summed E-state index contributed by atoms with van der Waals surface area (Å²) in [4.78, 5) is 0.481. The molecule has 0 aliphatic carbocycles. The van der Waals surface area contributed by atoms with E-state index in [2.05, 4.69) is 0 Å². The highest BCUT2D eigenvalue weighted by Crippen LogP contribution is 2.16. The first-order chi connectivity index (χ1) is 6.06. The summed E-state index contributed by atoms with van der Waals surface area (Å²) in [6.07, 6.45) is 1.62. The molecule has 70 valence electrons. The minimum Gasteiger partial charge on any atom is -0.245 e. The van der Waals surface area contributed by atoms with Gasteiger partial charge in [0.25, 0.3) is 0 Å². The summed E-state index contributed by atoms with van der Waals surface area (Å²) in [5, 5.41) is 1.97. The predicted molar refractivity (Wildman–Crippen MR) is 55.4 cm³/mol. The Labute approximate surface area is 83.2 Å². The zero-order chi connectivity index (χ0) is 9.90. The van der Waals surface area contributed by atoms with Crippen LogP contribution in [-0.4, -0.2) is 4.21 Å². The molecule has 1 rings (SSSR count). The standard InChI is InChI=1S/C9H10ClNOS/c1-2-7-13(11,12)9-5-3-8(10)4-6-9/h2-7,11H,1H3/b7-2+. The zero-order valence-electron chi connectivity index (χ0n) is 7.16. The molecule has 0 aliphatic heterocycles. The molecule has 0 heterocycles. The molecule has 0 aliphatic rings. The van der Waals surface area contributed by atoms with Crippen LogP contribution in [0, 0.1) is 4.78 Å². The highest BCUT2D eigenvalue weighted by atomic mass is 35.5. The van der Waals surface area contributed by atoms with Crippen LogP contribution in [0.5, 0.6) is 0 Å². The van der Waals surface area contributed by atoms with Crippen molar-refractivity contribution >= 4 is 21.3 Å². The quantitative estimate of drug-likeness (QED) is 0.808. The second-order valence-corrected chi connectivity index (χ2v) is 4.91. The zero-order valence-corrected chi connectivity index (χ0v) is 8.73. The van der Waals surface area contributed by atoms with Crippen LogP contribution < -0.4 is 0 Å². The van der Waals surface area contributed by atoms with Gasteiger partial charge in [0.15, 0.2) is 0 Å². The molecule has 4 heteroatoms. The number of allylic oxidation sites excluding steroid dienone is 1. The topological polar surface area (TPSA) is 40.9 Å². The Balaban J connectivity index is 3.17. The molecule has 0 saturated heterocycles. The fourth-order valence-corrected chi connectivity index (χ4v) is 2.11. The summed E-state index contributed by atoms with van der Waals surface area (Å²) >= 11 is 5.67. The molecule has 1 atom stereocenters. The lowest BCUT2D eigenvalue weighted by atomic mass is 10.4. The van der Waals surface area contributed by atoms with Crippen molar-refractivity contribution in [3.63, 3.8) is 0 Å². The molecule has 0 fully saturated rings. The van der Waals surface area contributed by atoms with Gasteiger partial charge in [0, 0.05) is 10.4 Å². The first-order valence-electron chi connectivity index (χ1n) is 3.73. The van der Waals surface area contributed by atoms with Crippen molar-refractivity contribution in [1.29, 1.82) is 4.78 Å². The smallest absolute Gasteiger partial charge is 0.0939 e. The molecular weight excluding hydrogens is 206 g/mol. The molecule has 1 aromatic rings. The maximum Gasteiger partial charge on any atom is 0.0939 e. The van der Waals surface area contributed by atoms with Crippen molar-refractivity contribution in [2.24, 2.45) is 0 Å². The Morgan fingerprint density at radius 1 is 1.38 bits per heavy atom. The second-order valence-electron chi connectivity index (χ2n) is 2.52. The predicted octanol–water partition coefficient (Wildman–Crippen LogP) is 3.28. The highest BCUT2D eigenvalue weighted by molar-refractivity contribution is 7.95. The van der Waals surface area contributed by atoms with E-state index in [0.29, 0.717) is 9.92 Å². The van der Waals surface area contributed by atoms with Crippen molar-refractivity contribution in [2.75, 3.05) is 0 Å². The Bertz CT molecular complexity index is 406. The van der Waals surface area contributed by atoms with Gasteiger partial charge in [0.1, 0.15) is 0 Å². The average molecular weight is 216 g/mol. The van der Waals surface area contributed by atoms with Crippen LogP contribution in [0.15, 0.2) is 40.6 Å². The van der Waals surface area contributed by atoms with E-state index in [1.807, 2.05) is 0 Å². The van der Waals surface area contributed by atoms with Crippen LogP contribution in [0.25, 0.3) is 0 Å². The first kappa shape index (κ1) is 10.3. The largest absolute Gasteiger partial charge is 0.245 e. The van der Waals surface area contributed by atoms with Gasteiger partial charge in [-0.05, 0) is 31.2 Å². The molecule has 2 nitrogen and oxygen atoms in total. The van der Waals surface area contributed by atoms with Gasteiger partial charge in [-0.1, -0.05) is 17.7 Å². The van der Waals surface area contributed by atoms with E-state index < -0.39 is 9.73 Å². The normalized spacial score (nSPS) is 15.8. The van der Waals surface area contributed by atoms with Crippen LogP contribution >= 0.6 is 11.6 Å². The number of hydrogen-bond donors (Lipinski definition) is 1. The van der Waals surface area contributed by atoms with Crippen molar-refractivity contribution in [2.45, 2.75) is 11.8 Å². The summed E-state index contributed by atoms with van der Waals surface area (Å²) in [6.45, 7) is 1.74. The van der Waals surface area contributed by atoms with E-state index >= 15 is 0 Å². The molecule has 1 N–H and O–H groups in total. The first-order valence-corrected chi connectivity index (χ1v) is 5.73. The van der Waals surface area contributed by atoms with Gasteiger partial charge in [-0.25, -0.2) is 8.99 Å². The van der Waals surface area contributed by atoms with E-state index in [0.717, 1.165) is 0 Å². The maximum atomic E-state index is 11.6. The SMILES string of the molecule is C/C=C/S(=N)(=O)c1ccc(Cl)cc1. The summed E-state index contributed by atoms with van der Waals surface area (Å²) in [6, 6.07) is 6.48. The van der Waals surface area contributed by atoms with Gasteiger partial charge in [-0.15, -0.1) is 0 Å². The molecule has 13 heavy (non-hydrogen) atoms. The lowest BCUT2D eigenvalue weighted by molar-refractivity contribution is 0.680. The third-order valence-electron chi connectivity index (χ3n) is 1.49. The van der Waals surface area contributed by atoms with Gasteiger partial charge in [-0.2, -0.15) is 0 Å². The summed E-state index contributed by atoms with van der Waals surface area (Å²) in [5.41, 5.74) is 0. The molecule has 0 bridgehead atoms. The fourth-order valence-electron chi connectivity index (χ4n) is 0.907. The van der Waals surface area contributed by atoms with E-state index in [9.17, 15) is 4.21 Å². The van der Waals surface area contributed by atoms with E-state index in [1.165, 1.54) is 5.41 Å². The van der Waals surface area contributed by atoms with Crippen molar-refractivity contribution < 1.29 is 4.21 Å². The molecule has 0 radical (unpaired) electrons. The summed E-state index contributed by atoms with van der Waals surface area (Å²) < 4.78 is 19.2. The Morgan fingerprint density at radius 3 is 2.38 bits per heavy atom. The van der Waals surface area contributed by atoms with Gasteiger partial charge in [0.05, 0.1) is 14.6 Å². The van der Waals surface area contributed by atoms with Crippen molar-refractivity contribution in [3.8, 4) is 0 Å². The molecule has 0 saturated carbocycles. The molecule has 1 unspecified atom stereocenters. The van der Waals surface area contributed by atoms with E-state index in [1.54, 1.807) is 37.3 Å². The number of nitrogens with one attached hydrogen (secondary N) is 1. The van der Waals surface area contributed by atoms with Gasteiger partial charge >= 0.3 is 0 Å². The fraction of sp³-hybridized carbons (Fsp3) is 0.111. The van der Waals surface area contributed by atoms with Crippen LogP contribution in [0.4, 0.5) is 0 Å². The van der Waals surface area contributed by atoms with Crippen LogP contribution in [-0.2, 0) is 9.73 Å². The summed E-state index contributed by atoms with van der Waals surface area (Å²) in [5.74, 6) is 0. The number of rotatable bonds is 2. The van der Waals surface area contributed by atoms with Gasteiger partial charge in [-0.3, -0.25) is 0 Å². The minimum atomic E-state index is -2.77. The Morgan fingerprint density at radius 2 is 1.92 bits per heavy atom. The maximum absolute atomic E-state index is 11.6. The molecular formula is C9H10ClNOS. The average Bonchev–Trinajstić information content (AvgIpc) is 2.05. The number of halogens is 1. The second kappa shape index (κ2) is 3.94. The Kier molecular flexibility index (Phi) is 3.12. The minimum absolute atomic E-state index is 0.481. The number of benzene rings is 1. The van der Waals surface area contributed by atoms with Crippen LogP contribution in [0.2, 0.25) is 5.02 Å². The monoisotopic (exact) mass is 215 g/mol. The molecule has 1 aromatic carbocycles. The third kappa shape index (κ3) is 2.57. The third-order valence-corrected chi connectivity index (χ3v) is 3.37. The van der Waals surface area contributed by atoms with Crippen LogP contribution in [0.3, 0.4) is 0 Å². The highest BCUT2D eigenvalue weighted by Gasteiger charge is 2.04. The molecule has 0 spiro atoms. The summed E-state index contributed by atoms with van der Waals surface area (Å²) in [7, 11) is -2.77. The van der Waals surface area contributed by atoms with E-state index in [4.69, 9.17) is 16.4 Å². The molecule has 0 aromatic heterocycles. The van der Waals surface area contributed by atoms with Crippen molar-refractivity contribution in [1.82, 2.24) is 0 Å². The van der Waals surface area contributed by atoms with E-state index in [-0.39, 0.29) is 0 Å². The van der Waals surface area contributed by atoms with Gasteiger partial charge < -0.3 is 0 Å².